The molecule has 1 aliphatic carbocycles. The van der Waals surface area contributed by atoms with Crippen molar-refractivity contribution in [2.75, 3.05) is 19.5 Å². The molecule has 1 heterocycles. The third-order valence-electron chi connectivity index (χ3n) is 6.57. The van der Waals surface area contributed by atoms with Crippen LogP contribution in [0.2, 0.25) is 5.02 Å². The minimum absolute atomic E-state index is 0.0710. The third kappa shape index (κ3) is 6.39. The van der Waals surface area contributed by atoms with Crippen LogP contribution >= 0.6 is 11.6 Å². The predicted molar refractivity (Wildman–Crippen MR) is 150 cm³/mol. The second kappa shape index (κ2) is 11.6. The van der Waals surface area contributed by atoms with E-state index in [0.717, 1.165) is 16.5 Å². The molecule has 3 N–H and O–H groups in total. The molecule has 1 aromatic heterocycles. The first-order valence-corrected chi connectivity index (χ1v) is 13.2. The zero-order valence-corrected chi connectivity index (χ0v) is 23.8. The number of H-pyrrole nitrogens is 1. The fourth-order valence-electron chi connectivity index (χ4n) is 4.96. The highest BCUT2D eigenvalue weighted by molar-refractivity contribution is 6.31. The summed E-state index contributed by atoms with van der Waals surface area (Å²) in [5.74, 6) is -1.77. The Kier molecular flexibility index (Phi) is 8.39. The molecule has 2 aromatic carbocycles. The van der Waals surface area contributed by atoms with Gasteiger partial charge in [0.25, 0.3) is 0 Å². The van der Waals surface area contributed by atoms with Crippen LogP contribution in [-0.2, 0) is 32.0 Å². The van der Waals surface area contributed by atoms with Gasteiger partial charge in [-0.25, -0.2) is 14.4 Å². The van der Waals surface area contributed by atoms with E-state index in [0.29, 0.717) is 34.6 Å². The van der Waals surface area contributed by atoms with Gasteiger partial charge in [-0.1, -0.05) is 17.7 Å². The summed E-state index contributed by atoms with van der Waals surface area (Å²) in [4.78, 5) is 53.5. The molecule has 0 bridgehead atoms. The second-order valence-electron chi connectivity index (χ2n) is 10.6. The van der Waals surface area contributed by atoms with Crippen molar-refractivity contribution < 1.29 is 33.4 Å². The minimum Gasteiger partial charge on any atom is -0.465 e. The van der Waals surface area contributed by atoms with E-state index < -0.39 is 23.6 Å². The zero-order valence-electron chi connectivity index (χ0n) is 23.0. The number of hydrogen-bond donors (Lipinski definition) is 3. The van der Waals surface area contributed by atoms with Gasteiger partial charge in [0, 0.05) is 28.9 Å². The van der Waals surface area contributed by atoms with Crippen molar-refractivity contribution in [1.29, 1.82) is 0 Å². The Balaban J connectivity index is 1.54. The molecule has 0 radical (unpaired) electrons. The summed E-state index contributed by atoms with van der Waals surface area (Å²) >= 11 is 6.27. The van der Waals surface area contributed by atoms with E-state index in [1.165, 1.54) is 14.2 Å². The van der Waals surface area contributed by atoms with Crippen LogP contribution in [0.1, 0.15) is 77.1 Å². The van der Waals surface area contributed by atoms with Gasteiger partial charge >= 0.3 is 18.0 Å². The summed E-state index contributed by atoms with van der Waals surface area (Å²) in [6, 6.07) is 8.44. The Morgan fingerprint density at radius 1 is 1.05 bits per heavy atom. The summed E-state index contributed by atoms with van der Waals surface area (Å²) < 4.78 is 15.1. The highest BCUT2D eigenvalue weighted by atomic mass is 35.5. The van der Waals surface area contributed by atoms with Gasteiger partial charge in [0.2, 0.25) is 5.91 Å². The van der Waals surface area contributed by atoms with Crippen LogP contribution in [0.15, 0.2) is 30.3 Å². The summed E-state index contributed by atoms with van der Waals surface area (Å²) in [6.07, 6.45) is 0.789. The number of aryl methyl sites for hydroxylation is 1. The molecule has 1 aliphatic rings. The van der Waals surface area contributed by atoms with E-state index in [2.05, 4.69) is 15.6 Å². The molecule has 2 amide bonds. The number of methoxy groups -OCH3 is 2. The van der Waals surface area contributed by atoms with Crippen LogP contribution in [0.3, 0.4) is 0 Å². The third-order valence-corrected chi connectivity index (χ3v) is 6.79. The molecule has 0 saturated carbocycles. The standard InChI is InChI=1S/C29H32ClN3O7/c1-29(2,3)40-28(37)31-14-15-6-9-20(19(10-15)26(35)38-4)32-22(34)12-17-8-7-16-11-18(30)13-21-23(16)24(17)25(33-21)27(36)39-5/h6,9-11,13,17,33H,7-8,12,14H2,1-5H3,(H,31,37)(H,32,34). The molecule has 3 aromatic rings. The van der Waals surface area contributed by atoms with E-state index in [1.54, 1.807) is 45.0 Å². The molecule has 1 atom stereocenters. The molecule has 0 spiro atoms. The molecule has 4 rings (SSSR count). The highest BCUT2D eigenvalue weighted by Crippen LogP contribution is 2.42. The molecule has 0 fully saturated rings. The Hall–Kier alpha value is -4.05. The van der Waals surface area contributed by atoms with Crippen molar-refractivity contribution in [2.45, 2.75) is 58.1 Å². The largest absolute Gasteiger partial charge is 0.465 e. The van der Waals surface area contributed by atoms with Gasteiger partial charge in [-0.2, -0.15) is 0 Å². The average molecular weight is 570 g/mol. The van der Waals surface area contributed by atoms with Crippen molar-refractivity contribution in [3.05, 3.63) is 63.3 Å². The molecular weight excluding hydrogens is 538 g/mol. The normalized spacial score (nSPS) is 14.4. The summed E-state index contributed by atoms with van der Waals surface area (Å²) in [7, 11) is 2.55. The number of alkyl carbamates (subject to hydrolysis) is 1. The van der Waals surface area contributed by atoms with Crippen molar-refractivity contribution in [1.82, 2.24) is 10.3 Å². The number of esters is 2. The Morgan fingerprint density at radius 3 is 2.45 bits per heavy atom. The van der Waals surface area contributed by atoms with Crippen LogP contribution in [-0.4, -0.2) is 48.7 Å². The van der Waals surface area contributed by atoms with Crippen LogP contribution in [0.25, 0.3) is 10.9 Å². The quantitative estimate of drug-likeness (QED) is 0.253. The lowest BCUT2D eigenvalue weighted by molar-refractivity contribution is -0.116. The monoisotopic (exact) mass is 569 g/mol. The summed E-state index contributed by atoms with van der Waals surface area (Å²) in [5, 5.41) is 6.90. The highest BCUT2D eigenvalue weighted by Gasteiger charge is 2.32. The fraction of sp³-hybridized carbons (Fsp3) is 0.379. The molecule has 212 valence electrons. The van der Waals surface area contributed by atoms with Gasteiger partial charge in [0.15, 0.2) is 0 Å². The molecule has 0 aliphatic heterocycles. The molecular formula is C29H32ClN3O7. The number of carbonyl (C=O) groups is 4. The lowest BCUT2D eigenvalue weighted by atomic mass is 9.81. The first-order valence-electron chi connectivity index (χ1n) is 12.8. The van der Waals surface area contributed by atoms with Crippen molar-refractivity contribution in [3.8, 4) is 0 Å². The van der Waals surface area contributed by atoms with Crippen LogP contribution in [0.4, 0.5) is 10.5 Å². The first-order chi connectivity index (χ1) is 18.9. The maximum absolute atomic E-state index is 13.3. The number of anilines is 1. The zero-order chi connectivity index (χ0) is 29.2. The van der Waals surface area contributed by atoms with Crippen LogP contribution in [0.5, 0.6) is 0 Å². The maximum Gasteiger partial charge on any atom is 0.407 e. The summed E-state index contributed by atoms with van der Waals surface area (Å²) in [6.45, 7) is 5.39. The van der Waals surface area contributed by atoms with E-state index in [4.69, 9.17) is 25.8 Å². The van der Waals surface area contributed by atoms with Gasteiger partial charge in [-0.05, 0) is 80.5 Å². The lowest BCUT2D eigenvalue weighted by Crippen LogP contribution is -2.32. The molecule has 11 heteroatoms. The molecule has 10 nitrogen and oxygen atoms in total. The van der Waals surface area contributed by atoms with Gasteiger partial charge in [0.05, 0.1) is 25.5 Å². The van der Waals surface area contributed by atoms with Crippen molar-refractivity contribution >= 4 is 52.1 Å². The number of carbonyl (C=O) groups excluding carboxylic acids is 4. The number of aromatic nitrogens is 1. The lowest BCUT2D eigenvalue weighted by Gasteiger charge is -2.23. The Morgan fingerprint density at radius 2 is 1.77 bits per heavy atom. The number of rotatable bonds is 7. The van der Waals surface area contributed by atoms with Gasteiger partial charge < -0.3 is 29.8 Å². The van der Waals surface area contributed by atoms with E-state index in [1.807, 2.05) is 6.07 Å². The van der Waals surface area contributed by atoms with E-state index in [9.17, 15) is 19.2 Å². The van der Waals surface area contributed by atoms with E-state index >= 15 is 0 Å². The minimum atomic E-state index is -0.646. The Labute approximate surface area is 236 Å². The number of aromatic amines is 1. The average Bonchev–Trinajstić information content (AvgIpc) is 3.28. The number of benzene rings is 2. The number of hydrogen-bond acceptors (Lipinski definition) is 7. The van der Waals surface area contributed by atoms with Crippen molar-refractivity contribution in [3.63, 3.8) is 0 Å². The SMILES string of the molecule is COC(=O)c1cc(CNC(=O)OC(C)(C)C)ccc1NC(=O)CC1CCc2cc(Cl)cc3[nH]c(C(=O)OC)c1c23. The number of nitrogens with one attached hydrogen (secondary N) is 3. The first kappa shape index (κ1) is 28.9. The topological polar surface area (TPSA) is 136 Å². The molecule has 40 heavy (non-hydrogen) atoms. The number of amides is 2. The maximum atomic E-state index is 13.3. The summed E-state index contributed by atoms with van der Waals surface area (Å²) in [5.41, 5.74) is 3.13. The van der Waals surface area contributed by atoms with Crippen LogP contribution < -0.4 is 10.6 Å². The second-order valence-corrected chi connectivity index (χ2v) is 11.0. The van der Waals surface area contributed by atoms with Gasteiger partial charge in [0.1, 0.15) is 11.3 Å². The van der Waals surface area contributed by atoms with Crippen LogP contribution in [0, 0.1) is 0 Å². The van der Waals surface area contributed by atoms with Crippen molar-refractivity contribution in [2.24, 2.45) is 0 Å². The smallest absolute Gasteiger partial charge is 0.407 e. The predicted octanol–water partition coefficient (Wildman–Crippen LogP) is 5.48. The number of ether oxygens (including phenoxy) is 3. The van der Waals surface area contributed by atoms with Gasteiger partial charge in [-0.3, -0.25) is 4.79 Å². The van der Waals surface area contributed by atoms with E-state index in [-0.39, 0.29) is 36.0 Å². The fourth-order valence-corrected chi connectivity index (χ4v) is 5.20. The Bertz CT molecular complexity index is 1490. The number of halogens is 1. The molecule has 1 unspecified atom stereocenters. The van der Waals surface area contributed by atoms with Gasteiger partial charge in [-0.15, -0.1) is 0 Å². The molecule has 0 saturated heterocycles.